The molecule has 0 spiro atoms. The van der Waals surface area contributed by atoms with Gasteiger partial charge in [0, 0.05) is 21.2 Å². The van der Waals surface area contributed by atoms with Gasteiger partial charge in [-0.1, -0.05) is 0 Å². The molecule has 1 nitrogen and oxygen atoms in total. The fourth-order valence-electron chi connectivity index (χ4n) is 0. The van der Waals surface area contributed by atoms with Crippen molar-refractivity contribution in [2.45, 2.75) is 0 Å². The molecule has 0 fully saturated rings. The third kappa shape index (κ3) is 2.75. The quantitative estimate of drug-likeness (QED) is 0.455. The minimum absolute atomic E-state index is 0.778. The largest absolute Gasteiger partial charge is 0.290 e. The Morgan fingerprint density at radius 2 is 2.25 bits per heavy atom. The van der Waals surface area contributed by atoms with Gasteiger partial charge in [-0.15, -0.1) is 0 Å². The van der Waals surface area contributed by atoms with Crippen LogP contribution in [-0.4, -0.2) is 5.62 Å². The molecule has 4 heavy (non-hydrogen) atoms. The van der Waals surface area contributed by atoms with Gasteiger partial charge >= 0.3 is 0 Å². The lowest BCUT2D eigenvalue weighted by Gasteiger charge is -1.49. The van der Waals surface area contributed by atoms with Gasteiger partial charge in [0.15, 0.2) is 5.62 Å². The van der Waals surface area contributed by atoms with Crippen LogP contribution in [0.15, 0.2) is 0 Å². The van der Waals surface area contributed by atoms with Crippen molar-refractivity contribution in [2.24, 2.45) is 0 Å². The summed E-state index contributed by atoms with van der Waals surface area (Å²) in [6, 6.07) is 0. The van der Waals surface area contributed by atoms with Gasteiger partial charge in [0.25, 0.3) is 0 Å². The maximum atomic E-state index is 9.13. The Morgan fingerprint density at radius 3 is 2.25 bits per heavy atom. The van der Waals surface area contributed by atoms with E-state index in [1.54, 1.807) is 0 Å². The molecule has 0 saturated carbocycles. The molecule has 0 amide bonds. The van der Waals surface area contributed by atoms with Crippen molar-refractivity contribution >= 4 is 35.8 Å². The Kier molecular flexibility index (Phi) is 4.45. The van der Waals surface area contributed by atoms with Gasteiger partial charge in [0.2, 0.25) is 0 Å². The molecule has 0 unspecified atom stereocenters. The van der Waals surface area contributed by atoms with Crippen molar-refractivity contribution in [1.29, 1.82) is 0 Å². The summed E-state index contributed by atoms with van der Waals surface area (Å²) in [4.78, 5) is 9.13. The van der Waals surface area contributed by atoms with Gasteiger partial charge in [-0.05, 0) is 8.93 Å². The Labute approximate surface area is 40.7 Å². The lowest BCUT2D eigenvalue weighted by atomic mass is 11.8. The monoisotopic (exact) mass is 188 g/mol. The Bertz CT molecular complexity index is 22.0. The van der Waals surface area contributed by atoms with Gasteiger partial charge in [-0.3, -0.25) is 4.79 Å². The molecule has 3 heteroatoms. The molecule has 0 N–H and O–H groups in total. The van der Waals surface area contributed by atoms with Crippen LogP contribution < -0.4 is 0 Å². The van der Waals surface area contributed by atoms with Gasteiger partial charge in [0.1, 0.15) is 0 Å². The minimum Gasteiger partial charge on any atom is -0.290 e. The van der Waals surface area contributed by atoms with Crippen LogP contribution in [0.4, 0.5) is 0 Å². The second kappa shape index (κ2) is 3.75. The Morgan fingerprint density at radius 1 is 2.00 bits per heavy atom. The first-order valence-electron chi connectivity index (χ1n) is 0.626. The van der Waals surface area contributed by atoms with E-state index in [1.807, 2.05) is 21.2 Å². The van der Waals surface area contributed by atoms with Crippen LogP contribution in [0.2, 0.25) is 0 Å². The third-order valence-electron chi connectivity index (χ3n) is 0.0364. The normalized spacial score (nSPS) is 6.25. The highest BCUT2D eigenvalue weighted by molar-refractivity contribution is 14.2. The molecular formula is CHIOS. The van der Waals surface area contributed by atoms with E-state index in [4.69, 9.17) is 4.79 Å². The fraction of sp³-hybridized carbons (Fsp3) is 0. The average Bonchev–Trinajstić information content (AvgIpc) is 1.37. The standard InChI is InChI=1S/CHIOS/c2-4-1-3/h1H. The van der Waals surface area contributed by atoms with E-state index < -0.39 is 0 Å². The van der Waals surface area contributed by atoms with Gasteiger partial charge < -0.3 is 0 Å². The first kappa shape index (κ1) is 4.75. The molecule has 0 aromatic heterocycles. The molecule has 0 rings (SSSR count). The molecule has 0 bridgehead atoms. The summed E-state index contributed by atoms with van der Waals surface area (Å²) in [5, 5.41) is 0. The molecule has 0 aliphatic carbocycles. The van der Waals surface area contributed by atoms with E-state index in [1.165, 1.54) is 0 Å². The number of rotatable bonds is 1. The van der Waals surface area contributed by atoms with Crippen molar-refractivity contribution in [3.05, 3.63) is 0 Å². The SMILES string of the molecule is O=CSI. The molecule has 24 valence electrons. The zero-order valence-corrected chi connectivity index (χ0v) is 4.75. The van der Waals surface area contributed by atoms with Crippen molar-refractivity contribution < 1.29 is 4.79 Å². The summed E-state index contributed by atoms with van der Waals surface area (Å²) in [6.07, 6.45) is 0. The van der Waals surface area contributed by atoms with Crippen molar-refractivity contribution in [2.75, 3.05) is 0 Å². The molecule has 0 heterocycles. The predicted molar refractivity (Wildman–Crippen MR) is 28.4 cm³/mol. The van der Waals surface area contributed by atoms with Crippen LogP contribution in [0, 0.1) is 0 Å². The smallest absolute Gasteiger partial charge is 0.186 e. The topological polar surface area (TPSA) is 17.1 Å². The van der Waals surface area contributed by atoms with Crippen LogP contribution in [0.25, 0.3) is 0 Å². The van der Waals surface area contributed by atoms with Crippen molar-refractivity contribution in [1.82, 2.24) is 0 Å². The Hall–Kier alpha value is 0.750. The summed E-state index contributed by atoms with van der Waals surface area (Å²) in [6.45, 7) is 0. The van der Waals surface area contributed by atoms with Crippen LogP contribution in [0.5, 0.6) is 0 Å². The van der Waals surface area contributed by atoms with E-state index in [0.29, 0.717) is 0 Å². The summed E-state index contributed by atoms with van der Waals surface area (Å²) in [5.74, 6) is 0. The van der Waals surface area contributed by atoms with Gasteiger partial charge in [-0.2, -0.15) is 0 Å². The average molecular weight is 188 g/mol. The second-order valence-electron chi connectivity index (χ2n) is 0.185. The summed E-state index contributed by atoms with van der Waals surface area (Å²) in [5.41, 5.74) is 0.778. The zero-order chi connectivity index (χ0) is 3.41. The maximum absolute atomic E-state index is 9.13. The molecule has 0 aromatic carbocycles. The highest BCUT2D eigenvalue weighted by Crippen LogP contribution is 2.02. The van der Waals surface area contributed by atoms with Crippen molar-refractivity contribution in [3.63, 3.8) is 0 Å². The highest BCUT2D eigenvalue weighted by Gasteiger charge is 1.55. The first-order valence-corrected chi connectivity index (χ1v) is 4.05. The Balaban J connectivity index is 2.30. The van der Waals surface area contributed by atoms with Crippen LogP contribution in [0.3, 0.4) is 0 Å². The lowest BCUT2D eigenvalue weighted by Crippen LogP contribution is -1.34. The van der Waals surface area contributed by atoms with Crippen molar-refractivity contribution in [3.8, 4) is 0 Å². The maximum Gasteiger partial charge on any atom is 0.186 e. The molecule has 0 aliphatic rings. The molecule has 0 radical (unpaired) electrons. The fourth-order valence-corrected chi connectivity index (χ4v) is 0. The number of hydrogen-bond acceptors (Lipinski definition) is 2. The predicted octanol–water partition coefficient (Wildman–Crippen LogP) is 1.26. The number of carbonyl (C=O) groups excluding carboxylic acids is 1. The highest BCUT2D eigenvalue weighted by atomic mass is 127. The van der Waals surface area contributed by atoms with Gasteiger partial charge in [0.05, 0.1) is 0 Å². The summed E-state index contributed by atoms with van der Waals surface area (Å²) >= 11 is 1.90. The minimum atomic E-state index is 0.778. The molecule has 0 aromatic rings. The summed E-state index contributed by atoms with van der Waals surface area (Å²) in [7, 11) is 1.15. The molecule has 0 atom stereocenters. The summed E-state index contributed by atoms with van der Waals surface area (Å²) < 4.78 is 0. The number of carbonyl (C=O) groups is 1. The third-order valence-corrected chi connectivity index (χ3v) is 0.732. The van der Waals surface area contributed by atoms with E-state index in [2.05, 4.69) is 0 Å². The second-order valence-corrected chi connectivity index (χ2v) is 2.08. The van der Waals surface area contributed by atoms with E-state index in [-0.39, 0.29) is 0 Å². The molecule has 0 aliphatic heterocycles. The molecule has 0 saturated heterocycles. The number of hydrogen-bond donors (Lipinski definition) is 0. The lowest BCUT2D eigenvalue weighted by molar-refractivity contribution is 0.570. The van der Waals surface area contributed by atoms with Gasteiger partial charge in [-0.25, -0.2) is 0 Å². The first-order chi connectivity index (χ1) is 1.91. The molecular weight excluding hydrogens is 187 g/mol. The number of halogens is 1. The van der Waals surface area contributed by atoms with E-state index in [9.17, 15) is 0 Å². The zero-order valence-electron chi connectivity index (χ0n) is 1.77. The van der Waals surface area contributed by atoms with Crippen LogP contribution >= 0.6 is 30.1 Å². The van der Waals surface area contributed by atoms with E-state index in [0.717, 1.165) is 14.6 Å². The van der Waals surface area contributed by atoms with E-state index >= 15 is 0 Å². The van der Waals surface area contributed by atoms with Crippen LogP contribution in [-0.2, 0) is 4.79 Å². The van der Waals surface area contributed by atoms with Crippen LogP contribution in [0.1, 0.15) is 0 Å².